The van der Waals surface area contributed by atoms with Crippen molar-refractivity contribution in [2.75, 3.05) is 19.4 Å². The Morgan fingerprint density at radius 3 is 2.29 bits per heavy atom. The summed E-state index contributed by atoms with van der Waals surface area (Å²) in [5, 5.41) is 2.76. The number of methoxy groups -OCH3 is 1. The minimum absolute atomic E-state index is 0.0581. The predicted octanol–water partition coefficient (Wildman–Crippen LogP) is 4.78. The van der Waals surface area contributed by atoms with Crippen LogP contribution in [0.5, 0.6) is 5.75 Å². The van der Waals surface area contributed by atoms with Gasteiger partial charge in [-0.15, -0.1) is 11.8 Å². The number of nitrogens with zero attached hydrogens (tertiary/aromatic N) is 1. The van der Waals surface area contributed by atoms with Crippen molar-refractivity contribution in [1.29, 1.82) is 0 Å². The normalized spacial score (nSPS) is 18.7. The molecule has 1 aliphatic heterocycles. The summed E-state index contributed by atoms with van der Waals surface area (Å²) in [6.45, 7) is 9.17. The number of hydrogen-bond donors (Lipinski definition) is 1. The highest BCUT2D eigenvalue weighted by Crippen LogP contribution is 2.42. The molecule has 0 spiro atoms. The van der Waals surface area contributed by atoms with E-state index in [1.807, 2.05) is 6.92 Å². The van der Waals surface area contributed by atoms with Gasteiger partial charge in [0.05, 0.1) is 7.11 Å². The molecule has 2 aromatic carbocycles. The van der Waals surface area contributed by atoms with Gasteiger partial charge in [-0.25, -0.2) is 0 Å². The Kier molecular flexibility index (Phi) is 7.31. The average molecular weight is 441 g/mol. The maximum absolute atomic E-state index is 13.5. The predicted molar refractivity (Wildman–Crippen MR) is 127 cm³/mol. The highest BCUT2D eigenvalue weighted by molar-refractivity contribution is 7.99. The number of nitrogens with one attached hydrogen (secondary N) is 1. The van der Waals surface area contributed by atoms with Gasteiger partial charge in [-0.3, -0.25) is 9.59 Å². The summed E-state index contributed by atoms with van der Waals surface area (Å²) in [5.74, 6) is 1.03. The van der Waals surface area contributed by atoms with Gasteiger partial charge in [0.2, 0.25) is 5.91 Å². The van der Waals surface area contributed by atoms with Gasteiger partial charge in [-0.2, -0.15) is 0 Å². The third kappa shape index (κ3) is 5.24. The SMILES string of the molecule is CCCNC(=O)C1CSC(c2ccc(C(C)(C)C)cc2)N1C(=O)c1ccc(OC)cc1. The zero-order chi connectivity index (χ0) is 22.6. The van der Waals surface area contributed by atoms with Crippen LogP contribution in [0.3, 0.4) is 0 Å². The Morgan fingerprint density at radius 1 is 1.10 bits per heavy atom. The lowest BCUT2D eigenvalue weighted by atomic mass is 9.86. The van der Waals surface area contributed by atoms with E-state index >= 15 is 0 Å². The van der Waals surface area contributed by atoms with Crippen molar-refractivity contribution in [3.8, 4) is 5.75 Å². The zero-order valence-electron chi connectivity index (χ0n) is 19.0. The van der Waals surface area contributed by atoms with E-state index in [0.717, 1.165) is 12.0 Å². The van der Waals surface area contributed by atoms with E-state index in [1.165, 1.54) is 5.56 Å². The fourth-order valence-electron chi connectivity index (χ4n) is 3.61. The van der Waals surface area contributed by atoms with Gasteiger partial charge in [0.1, 0.15) is 17.2 Å². The quantitative estimate of drug-likeness (QED) is 0.703. The molecule has 0 aromatic heterocycles. The lowest BCUT2D eigenvalue weighted by molar-refractivity contribution is -0.124. The molecule has 2 atom stereocenters. The summed E-state index contributed by atoms with van der Waals surface area (Å²) in [6.07, 6.45) is 0.857. The largest absolute Gasteiger partial charge is 0.497 e. The molecule has 1 aliphatic rings. The monoisotopic (exact) mass is 440 g/mol. The third-order valence-electron chi connectivity index (χ3n) is 5.49. The van der Waals surface area contributed by atoms with Crippen LogP contribution >= 0.6 is 11.8 Å². The first-order chi connectivity index (χ1) is 14.8. The molecule has 0 bridgehead atoms. The maximum Gasteiger partial charge on any atom is 0.255 e. The van der Waals surface area contributed by atoms with Crippen molar-refractivity contribution < 1.29 is 14.3 Å². The minimum Gasteiger partial charge on any atom is -0.497 e. The summed E-state index contributed by atoms with van der Waals surface area (Å²) < 4.78 is 5.21. The topological polar surface area (TPSA) is 58.6 Å². The van der Waals surface area contributed by atoms with Crippen molar-refractivity contribution in [2.24, 2.45) is 0 Å². The highest BCUT2D eigenvalue weighted by Gasteiger charge is 2.42. The van der Waals surface area contributed by atoms with Crippen LogP contribution < -0.4 is 10.1 Å². The molecule has 1 N–H and O–H groups in total. The molecule has 0 aliphatic carbocycles. The van der Waals surface area contributed by atoms with E-state index in [-0.39, 0.29) is 22.6 Å². The van der Waals surface area contributed by atoms with E-state index in [1.54, 1.807) is 48.0 Å². The highest BCUT2D eigenvalue weighted by atomic mass is 32.2. The van der Waals surface area contributed by atoms with E-state index in [2.05, 4.69) is 50.4 Å². The lowest BCUT2D eigenvalue weighted by Gasteiger charge is -2.29. The molecule has 2 amide bonds. The van der Waals surface area contributed by atoms with E-state index < -0.39 is 6.04 Å². The number of thioether (sulfide) groups is 1. The molecule has 2 unspecified atom stereocenters. The van der Waals surface area contributed by atoms with Crippen LogP contribution in [-0.4, -0.2) is 42.2 Å². The van der Waals surface area contributed by atoms with Gasteiger partial charge in [-0.05, 0) is 47.2 Å². The Hall–Kier alpha value is -2.47. The number of carbonyl (C=O) groups is 2. The van der Waals surface area contributed by atoms with Gasteiger partial charge < -0.3 is 15.0 Å². The number of benzene rings is 2. The molecule has 2 aromatic rings. The Morgan fingerprint density at radius 2 is 1.74 bits per heavy atom. The molecule has 5 nitrogen and oxygen atoms in total. The van der Waals surface area contributed by atoms with E-state index in [9.17, 15) is 9.59 Å². The van der Waals surface area contributed by atoms with Crippen molar-refractivity contribution >= 4 is 23.6 Å². The second kappa shape index (κ2) is 9.77. The van der Waals surface area contributed by atoms with Crippen LogP contribution in [0.2, 0.25) is 0 Å². The molecule has 1 fully saturated rings. The smallest absolute Gasteiger partial charge is 0.255 e. The fourth-order valence-corrected chi connectivity index (χ4v) is 5.04. The molecule has 6 heteroatoms. The Labute approximate surface area is 189 Å². The number of hydrogen-bond acceptors (Lipinski definition) is 4. The van der Waals surface area contributed by atoms with E-state index in [4.69, 9.17) is 4.74 Å². The first-order valence-corrected chi connectivity index (χ1v) is 11.8. The molecule has 1 saturated heterocycles. The summed E-state index contributed by atoms with van der Waals surface area (Å²) >= 11 is 1.64. The Balaban J connectivity index is 1.93. The molecule has 1 heterocycles. The van der Waals surface area contributed by atoms with Crippen LogP contribution in [-0.2, 0) is 10.2 Å². The number of ether oxygens (including phenoxy) is 1. The van der Waals surface area contributed by atoms with Crippen LogP contribution in [0.25, 0.3) is 0 Å². The lowest BCUT2D eigenvalue weighted by Crippen LogP contribution is -2.48. The molecule has 31 heavy (non-hydrogen) atoms. The summed E-state index contributed by atoms with van der Waals surface area (Å²) in [7, 11) is 1.60. The molecule has 166 valence electrons. The van der Waals surface area contributed by atoms with Gasteiger partial charge >= 0.3 is 0 Å². The number of amides is 2. The first-order valence-electron chi connectivity index (χ1n) is 10.7. The summed E-state index contributed by atoms with van der Waals surface area (Å²) in [5.41, 5.74) is 2.88. The van der Waals surface area contributed by atoms with Crippen LogP contribution in [0.15, 0.2) is 48.5 Å². The number of rotatable bonds is 6. The van der Waals surface area contributed by atoms with Crippen molar-refractivity contribution in [1.82, 2.24) is 10.2 Å². The van der Waals surface area contributed by atoms with E-state index in [0.29, 0.717) is 23.6 Å². The van der Waals surface area contributed by atoms with Crippen LogP contribution in [0.4, 0.5) is 0 Å². The molecule has 0 saturated carbocycles. The molecular weight excluding hydrogens is 408 g/mol. The standard InChI is InChI=1S/C25H32N2O3S/c1-6-15-26-22(28)21-16-31-24(18-7-11-19(12-8-18)25(2,3)4)27(21)23(29)17-9-13-20(30-5)14-10-17/h7-14,21,24H,6,15-16H2,1-5H3,(H,26,28). The fraction of sp³-hybridized carbons (Fsp3) is 0.440. The minimum atomic E-state index is -0.501. The van der Waals surface area contributed by atoms with Gasteiger partial charge in [0.15, 0.2) is 0 Å². The molecule has 3 rings (SSSR count). The summed E-state index contributed by atoms with van der Waals surface area (Å²) in [6, 6.07) is 15.0. The average Bonchev–Trinajstić information content (AvgIpc) is 3.21. The van der Waals surface area contributed by atoms with Crippen LogP contribution in [0.1, 0.15) is 61.0 Å². The second-order valence-electron chi connectivity index (χ2n) is 8.81. The maximum atomic E-state index is 13.5. The second-order valence-corrected chi connectivity index (χ2v) is 9.92. The van der Waals surface area contributed by atoms with Gasteiger partial charge in [0.25, 0.3) is 5.91 Å². The van der Waals surface area contributed by atoms with Crippen molar-refractivity contribution in [3.05, 3.63) is 65.2 Å². The van der Waals surface area contributed by atoms with Gasteiger partial charge in [-0.1, -0.05) is 52.0 Å². The molecule has 0 radical (unpaired) electrons. The van der Waals surface area contributed by atoms with Crippen molar-refractivity contribution in [2.45, 2.75) is 50.9 Å². The van der Waals surface area contributed by atoms with Gasteiger partial charge in [0, 0.05) is 17.9 Å². The zero-order valence-corrected chi connectivity index (χ0v) is 19.8. The van der Waals surface area contributed by atoms with Crippen molar-refractivity contribution in [3.63, 3.8) is 0 Å². The Bertz CT molecular complexity index is 904. The first kappa shape index (κ1) is 23.2. The number of carbonyl (C=O) groups excluding carboxylic acids is 2. The summed E-state index contributed by atoms with van der Waals surface area (Å²) in [4.78, 5) is 28.2. The van der Waals surface area contributed by atoms with Crippen LogP contribution in [0, 0.1) is 0 Å². The molecular formula is C25H32N2O3S. The third-order valence-corrected chi connectivity index (χ3v) is 6.81.